The van der Waals surface area contributed by atoms with Crippen LogP contribution in [0.25, 0.3) is 0 Å². The minimum absolute atomic E-state index is 0.00702. The summed E-state index contributed by atoms with van der Waals surface area (Å²) in [4.78, 5) is 14.5. The zero-order valence-electron chi connectivity index (χ0n) is 19.3. The van der Waals surface area contributed by atoms with E-state index in [1.54, 1.807) is 12.7 Å². The Labute approximate surface area is 191 Å². The first-order valence-corrected chi connectivity index (χ1v) is 12.5. The molecule has 32 heavy (non-hydrogen) atoms. The number of methoxy groups -OCH3 is 1. The number of fused-ring (bicyclic) bond motifs is 4. The number of ether oxygens (including phenoxy) is 1. The van der Waals surface area contributed by atoms with E-state index in [1.807, 2.05) is 6.08 Å². The van der Waals surface area contributed by atoms with Crippen molar-refractivity contribution < 1.29 is 14.6 Å². The Morgan fingerprint density at radius 2 is 1.84 bits per heavy atom. The third kappa shape index (κ3) is 3.06. The number of aliphatic hydroxyl groups is 1. The molecule has 5 aliphatic rings. The van der Waals surface area contributed by atoms with Gasteiger partial charge in [-0.05, 0) is 90.7 Å². The lowest BCUT2D eigenvalue weighted by atomic mass is 9.53. The van der Waals surface area contributed by atoms with Crippen molar-refractivity contribution in [1.82, 2.24) is 0 Å². The van der Waals surface area contributed by atoms with Gasteiger partial charge in [-0.3, -0.25) is 4.79 Å². The molecule has 0 radical (unpaired) electrons. The van der Waals surface area contributed by atoms with Gasteiger partial charge in [0.05, 0.1) is 12.2 Å². The monoisotopic (exact) mass is 433 g/mol. The molecular weight excluding hydrogens is 398 g/mol. The van der Waals surface area contributed by atoms with Gasteiger partial charge in [0, 0.05) is 38.2 Å². The van der Waals surface area contributed by atoms with E-state index in [-0.39, 0.29) is 11.5 Å². The van der Waals surface area contributed by atoms with Crippen LogP contribution in [0.1, 0.15) is 63.4 Å². The summed E-state index contributed by atoms with van der Waals surface area (Å²) in [6.07, 6.45) is 8.90. The summed E-state index contributed by atoms with van der Waals surface area (Å²) >= 11 is 0. The summed E-state index contributed by atoms with van der Waals surface area (Å²) < 4.78 is 5.43. The van der Waals surface area contributed by atoms with Crippen LogP contribution < -0.4 is 4.90 Å². The van der Waals surface area contributed by atoms with Crippen molar-refractivity contribution in [2.24, 2.45) is 17.3 Å². The number of rotatable bonds is 3. The van der Waals surface area contributed by atoms with Crippen molar-refractivity contribution in [3.63, 3.8) is 0 Å². The number of anilines is 1. The van der Waals surface area contributed by atoms with Gasteiger partial charge in [0.15, 0.2) is 5.78 Å². The Balaban J connectivity index is 1.39. The smallest absolute Gasteiger partial charge is 0.156 e. The molecule has 1 aliphatic heterocycles. The Hall–Kier alpha value is -1.91. The van der Waals surface area contributed by atoms with Crippen LogP contribution in [-0.4, -0.2) is 43.3 Å². The van der Waals surface area contributed by atoms with Crippen LogP contribution in [-0.2, 0) is 9.53 Å². The first-order chi connectivity index (χ1) is 15.5. The van der Waals surface area contributed by atoms with E-state index in [4.69, 9.17) is 4.74 Å². The maximum atomic E-state index is 12.1. The van der Waals surface area contributed by atoms with Crippen LogP contribution >= 0.6 is 0 Å². The van der Waals surface area contributed by atoms with Crippen LogP contribution in [0.4, 0.5) is 5.69 Å². The molecule has 4 aliphatic carbocycles. The molecule has 5 atom stereocenters. The molecule has 4 heteroatoms. The summed E-state index contributed by atoms with van der Waals surface area (Å²) in [7, 11) is 1.79. The normalized spacial score (nSPS) is 36.9. The molecule has 1 heterocycles. The number of allylic oxidation sites excluding steroid dienone is 4. The molecule has 0 aromatic heterocycles. The quantitative estimate of drug-likeness (QED) is 0.745. The van der Waals surface area contributed by atoms with Gasteiger partial charge in [-0.2, -0.15) is 0 Å². The molecule has 0 amide bonds. The van der Waals surface area contributed by atoms with E-state index in [9.17, 15) is 9.90 Å². The molecule has 1 aromatic carbocycles. The molecule has 4 nitrogen and oxygen atoms in total. The maximum absolute atomic E-state index is 12.1. The topological polar surface area (TPSA) is 49.8 Å². The Kier molecular flexibility index (Phi) is 4.89. The first-order valence-electron chi connectivity index (χ1n) is 12.5. The van der Waals surface area contributed by atoms with Crippen molar-refractivity contribution in [3.8, 4) is 0 Å². The predicted molar refractivity (Wildman–Crippen MR) is 126 cm³/mol. The van der Waals surface area contributed by atoms with Gasteiger partial charge in [-0.1, -0.05) is 24.6 Å². The fraction of sp³-hybridized carbons (Fsp3) is 0.607. The van der Waals surface area contributed by atoms with Gasteiger partial charge in [0.2, 0.25) is 0 Å². The van der Waals surface area contributed by atoms with E-state index >= 15 is 0 Å². The summed E-state index contributed by atoms with van der Waals surface area (Å²) in [5.74, 6) is 1.76. The highest BCUT2D eigenvalue weighted by molar-refractivity contribution is 5.93. The Morgan fingerprint density at radius 1 is 1.06 bits per heavy atom. The molecule has 6 rings (SSSR count). The number of aliphatic hydroxyl groups excluding tert-OH is 1. The zero-order chi connectivity index (χ0) is 22.0. The van der Waals surface area contributed by atoms with E-state index in [0.717, 1.165) is 51.6 Å². The molecule has 170 valence electrons. The summed E-state index contributed by atoms with van der Waals surface area (Å²) in [6.45, 7) is 4.27. The summed E-state index contributed by atoms with van der Waals surface area (Å²) in [6, 6.07) is 9.18. The molecule has 1 N–H and O–H groups in total. The predicted octanol–water partition coefficient (Wildman–Crippen LogP) is 4.78. The highest BCUT2D eigenvalue weighted by Crippen LogP contribution is 2.63. The summed E-state index contributed by atoms with van der Waals surface area (Å²) in [5.41, 5.74) is 7.05. The Morgan fingerprint density at radius 3 is 2.59 bits per heavy atom. The molecule has 0 bridgehead atoms. The minimum atomic E-state index is -0.197. The first kappa shape index (κ1) is 20.7. The Bertz CT molecular complexity index is 986. The van der Waals surface area contributed by atoms with Gasteiger partial charge in [0.25, 0.3) is 0 Å². The third-order valence-electron chi connectivity index (χ3n) is 9.52. The fourth-order valence-electron chi connectivity index (χ4n) is 7.65. The molecule has 2 saturated carbocycles. The van der Waals surface area contributed by atoms with Crippen molar-refractivity contribution in [1.29, 1.82) is 0 Å². The number of carbonyl (C=O) groups excluding carboxylic acids is 1. The third-order valence-corrected chi connectivity index (χ3v) is 9.52. The summed E-state index contributed by atoms with van der Waals surface area (Å²) in [5, 5.41) is 11.0. The number of benzene rings is 1. The molecule has 5 unspecified atom stereocenters. The lowest BCUT2D eigenvalue weighted by Crippen LogP contribution is -2.51. The molecule has 0 spiro atoms. The number of nitrogens with zero attached hydrogens (tertiary/aromatic N) is 1. The van der Waals surface area contributed by atoms with Gasteiger partial charge in [-0.25, -0.2) is 0 Å². The highest BCUT2D eigenvalue weighted by atomic mass is 16.5. The van der Waals surface area contributed by atoms with Crippen molar-refractivity contribution >= 4 is 11.5 Å². The van der Waals surface area contributed by atoms with E-state index in [1.165, 1.54) is 22.4 Å². The van der Waals surface area contributed by atoms with E-state index in [0.29, 0.717) is 36.1 Å². The zero-order valence-corrected chi connectivity index (χ0v) is 19.3. The minimum Gasteiger partial charge on any atom is -0.393 e. The van der Waals surface area contributed by atoms with Gasteiger partial charge in [-0.15, -0.1) is 0 Å². The second-order valence-electron chi connectivity index (χ2n) is 11.0. The fourth-order valence-corrected chi connectivity index (χ4v) is 7.65. The molecule has 3 fully saturated rings. The molecule has 1 aromatic rings. The van der Waals surface area contributed by atoms with Crippen LogP contribution in [0.3, 0.4) is 0 Å². The van der Waals surface area contributed by atoms with Crippen molar-refractivity contribution in [2.75, 3.05) is 25.1 Å². The molecular formula is C28H35NO3. The molecule has 1 saturated heterocycles. The van der Waals surface area contributed by atoms with Gasteiger partial charge >= 0.3 is 0 Å². The second kappa shape index (κ2) is 7.56. The van der Waals surface area contributed by atoms with Crippen molar-refractivity contribution in [3.05, 3.63) is 52.6 Å². The second-order valence-corrected chi connectivity index (χ2v) is 11.0. The number of hydrogen-bond donors (Lipinski definition) is 1. The van der Waals surface area contributed by atoms with Crippen molar-refractivity contribution in [2.45, 2.75) is 70.0 Å². The van der Waals surface area contributed by atoms with Crippen LogP contribution in [0.5, 0.6) is 0 Å². The number of carbonyl (C=O) groups is 1. The standard InChI is InChI=1S/C28H35NO3/c1-28-14-24(17-3-6-19(7-4-17)29-15-21(16-29)32-2)27-22-10-8-20(30)13-18(22)5-9-23(27)25(28)11-12-26(28)31/h3-4,6-7,13,21,23-26,31H,5,8-12,14-16H2,1-2H3. The van der Waals surface area contributed by atoms with Gasteiger partial charge < -0.3 is 14.7 Å². The maximum Gasteiger partial charge on any atom is 0.156 e. The average Bonchev–Trinajstić information content (AvgIpc) is 3.07. The van der Waals surface area contributed by atoms with E-state index in [2.05, 4.69) is 36.1 Å². The highest BCUT2D eigenvalue weighted by Gasteiger charge is 2.56. The number of hydrogen-bond acceptors (Lipinski definition) is 4. The SMILES string of the molecule is COC1CN(c2ccc(C3CC4(C)C(O)CCC4C4CCC5=CC(=O)CCC5=C34)cc2)C1. The lowest BCUT2D eigenvalue weighted by Gasteiger charge is -2.52. The number of ketones is 1. The lowest BCUT2D eigenvalue weighted by molar-refractivity contribution is -0.114. The van der Waals surface area contributed by atoms with Crippen LogP contribution in [0, 0.1) is 17.3 Å². The van der Waals surface area contributed by atoms with Crippen LogP contribution in [0.15, 0.2) is 47.1 Å². The van der Waals surface area contributed by atoms with E-state index < -0.39 is 0 Å². The van der Waals surface area contributed by atoms with Crippen LogP contribution in [0.2, 0.25) is 0 Å². The largest absolute Gasteiger partial charge is 0.393 e. The van der Waals surface area contributed by atoms with Gasteiger partial charge in [0.1, 0.15) is 0 Å². The average molecular weight is 434 g/mol.